The van der Waals surface area contributed by atoms with Crippen LogP contribution in [0.2, 0.25) is 0 Å². The molecule has 4 heteroatoms. The minimum absolute atomic E-state index is 0.0125. The molecule has 0 radical (unpaired) electrons. The highest BCUT2D eigenvalue weighted by Crippen LogP contribution is 2.18. The molecular weight excluding hydrogens is 240 g/mol. The van der Waals surface area contributed by atoms with Crippen LogP contribution >= 0.6 is 0 Å². The monoisotopic (exact) mass is 268 g/mol. The maximum Gasteiger partial charge on any atom is 0.323 e. The summed E-state index contributed by atoms with van der Waals surface area (Å²) >= 11 is 0. The molecule has 2 aliphatic rings. The average Bonchev–Trinajstić information content (AvgIpc) is 2.47. The van der Waals surface area contributed by atoms with Gasteiger partial charge in [-0.1, -0.05) is 12.8 Å². The van der Waals surface area contributed by atoms with Crippen molar-refractivity contribution in [1.82, 2.24) is 9.80 Å². The molecule has 0 saturated carbocycles. The number of likely N-dealkylation sites (tertiary alicyclic amines) is 2. The third-order valence-corrected chi connectivity index (χ3v) is 4.32. The molecule has 0 bridgehead atoms. The van der Waals surface area contributed by atoms with E-state index < -0.39 is 0 Å². The van der Waals surface area contributed by atoms with Crippen LogP contribution in [0.1, 0.15) is 45.4 Å². The number of carbonyl (C=O) groups is 1. The smallest absolute Gasteiger partial charge is 0.323 e. The van der Waals surface area contributed by atoms with E-state index in [0.717, 1.165) is 32.5 Å². The Morgan fingerprint density at radius 3 is 2.53 bits per heavy atom. The van der Waals surface area contributed by atoms with Crippen LogP contribution in [0.15, 0.2) is 0 Å². The minimum atomic E-state index is -0.0131. The molecule has 19 heavy (non-hydrogen) atoms. The number of nitrogens with zero attached hydrogens (tertiary/aromatic N) is 2. The third-order valence-electron chi connectivity index (χ3n) is 4.32. The summed E-state index contributed by atoms with van der Waals surface area (Å²) in [6, 6.07) is 0.0125. The molecule has 0 aliphatic carbocycles. The molecule has 0 amide bonds. The van der Waals surface area contributed by atoms with Crippen molar-refractivity contribution in [1.29, 1.82) is 0 Å². The Balaban J connectivity index is 1.79. The van der Waals surface area contributed by atoms with Gasteiger partial charge in [0.1, 0.15) is 6.04 Å². The molecule has 4 nitrogen and oxygen atoms in total. The summed E-state index contributed by atoms with van der Waals surface area (Å²) in [4.78, 5) is 16.9. The van der Waals surface area contributed by atoms with Crippen LogP contribution < -0.4 is 0 Å². The number of carbonyl (C=O) groups excluding carboxylic acids is 1. The summed E-state index contributed by atoms with van der Waals surface area (Å²) < 4.78 is 5.21. The Labute approximate surface area is 117 Å². The van der Waals surface area contributed by atoms with Gasteiger partial charge in [0.15, 0.2) is 0 Å². The number of piperidine rings is 2. The maximum absolute atomic E-state index is 12.0. The van der Waals surface area contributed by atoms with Crippen molar-refractivity contribution in [2.75, 3.05) is 39.3 Å². The minimum Gasteiger partial charge on any atom is -0.465 e. The highest BCUT2D eigenvalue weighted by molar-refractivity contribution is 5.75. The van der Waals surface area contributed by atoms with Gasteiger partial charge >= 0.3 is 5.97 Å². The molecule has 2 aliphatic heterocycles. The molecule has 0 aromatic rings. The zero-order valence-electron chi connectivity index (χ0n) is 12.3. The second-order valence-corrected chi connectivity index (χ2v) is 5.70. The van der Waals surface area contributed by atoms with E-state index in [9.17, 15) is 4.79 Å². The summed E-state index contributed by atoms with van der Waals surface area (Å²) in [6.07, 6.45) is 7.40. The van der Waals surface area contributed by atoms with E-state index in [4.69, 9.17) is 4.74 Å². The van der Waals surface area contributed by atoms with Crippen LogP contribution in [-0.4, -0.2) is 61.1 Å². The molecule has 0 aromatic carbocycles. The number of hydrogen-bond donors (Lipinski definition) is 0. The summed E-state index contributed by atoms with van der Waals surface area (Å²) in [5, 5.41) is 0. The first-order valence-corrected chi connectivity index (χ1v) is 7.94. The van der Waals surface area contributed by atoms with E-state index in [1.54, 1.807) is 0 Å². The molecule has 2 saturated heterocycles. The van der Waals surface area contributed by atoms with Gasteiger partial charge < -0.3 is 9.64 Å². The van der Waals surface area contributed by atoms with E-state index >= 15 is 0 Å². The van der Waals surface area contributed by atoms with Crippen LogP contribution in [0.3, 0.4) is 0 Å². The van der Waals surface area contributed by atoms with Gasteiger partial charge in [0, 0.05) is 13.1 Å². The van der Waals surface area contributed by atoms with Crippen molar-refractivity contribution in [3.8, 4) is 0 Å². The van der Waals surface area contributed by atoms with Crippen LogP contribution in [0.25, 0.3) is 0 Å². The molecular formula is C15H28N2O2. The third kappa shape index (κ3) is 4.46. The van der Waals surface area contributed by atoms with Gasteiger partial charge in [0.05, 0.1) is 6.61 Å². The number of ether oxygens (including phenoxy) is 1. The number of esters is 1. The molecule has 2 fully saturated rings. The summed E-state index contributed by atoms with van der Waals surface area (Å²) in [5.41, 5.74) is 0. The summed E-state index contributed by atoms with van der Waals surface area (Å²) in [5.74, 6) is -0.0131. The fourth-order valence-electron chi connectivity index (χ4n) is 3.22. The predicted octanol–water partition coefficient (Wildman–Crippen LogP) is 1.89. The molecule has 2 heterocycles. The lowest BCUT2D eigenvalue weighted by atomic mass is 10.0. The van der Waals surface area contributed by atoms with Gasteiger partial charge in [-0.05, 0) is 52.2 Å². The Kier molecular flexibility index (Phi) is 6.11. The van der Waals surface area contributed by atoms with Crippen LogP contribution in [0.5, 0.6) is 0 Å². The van der Waals surface area contributed by atoms with E-state index in [1.807, 2.05) is 6.92 Å². The standard InChI is InChI=1S/C15H28N2O2/c1-2-19-15(18)14-8-4-7-11-17(14)13-12-16-9-5-3-6-10-16/h14H,2-13H2,1H3/t14-/m1/s1. The quantitative estimate of drug-likeness (QED) is 0.713. The second-order valence-electron chi connectivity index (χ2n) is 5.70. The van der Waals surface area contributed by atoms with E-state index in [-0.39, 0.29) is 12.0 Å². The first kappa shape index (κ1) is 14.8. The van der Waals surface area contributed by atoms with E-state index in [0.29, 0.717) is 6.61 Å². The fourth-order valence-corrected chi connectivity index (χ4v) is 3.22. The molecule has 1 atom stereocenters. The van der Waals surface area contributed by atoms with Crippen molar-refractivity contribution < 1.29 is 9.53 Å². The highest BCUT2D eigenvalue weighted by Gasteiger charge is 2.29. The number of rotatable bonds is 5. The Morgan fingerprint density at radius 2 is 1.79 bits per heavy atom. The van der Waals surface area contributed by atoms with Crippen molar-refractivity contribution in [3.63, 3.8) is 0 Å². The zero-order valence-corrected chi connectivity index (χ0v) is 12.3. The summed E-state index contributed by atoms with van der Waals surface area (Å²) in [7, 11) is 0. The van der Waals surface area contributed by atoms with Crippen molar-refractivity contribution in [2.45, 2.75) is 51.5 Å². The zero-order chi connectivity index (χ0) is 13.5. The number of hydrogen-bond acceptors (Lipinski definition) is 4. The SMILES string of the molecule is CCOC(=O)[C@H]1CCCCN1CCN1CCCCC1. The molecule has 0 spiro atoms. The van der Waals surface area contributed by atoms with Crippen LogP contribution in [-0.2, 0) is 9.53 Å². The molecule has 0 aromatic heterocycles. The van der Waals surface area contributed by atoms with Gasteiger partial charge in [-0.2, -0.15) is 0 Å². The molecule has 0 N–H and O–H groups in total. The topological polar surface area (TPSA) is 32.8 Å². The van der Waals surface area contributed by atoms with Crippen molar-refractivity contribution in [3.05, 3.63) is 0 Å². The fraction of sp³-hybridized carbons (Fsp3) is 0.933. The molecule has 2 rings (SSSR count). The maximum atomic E-state index is 12.0. The first-order valence-electron chi connectivity index (χ1n) is 7.94. The second kappa shape index (κ2) is 7.85. The molecule has 0 unspecified atom stereocenters. The average molecular weight is 268 g/mol. The van der Waals surface area contributed by atoms with Crippen molar-refractivity contribution in [2.24, 2.45) is 0 Å². The van der Waals surface area contributed by atoms with Crippen LogP contribution in [0, 0.1) is 0 Å². The van der Waals surface area contributed by atoms with Crippen LogP contribution in [0.4, 0.5) is 0 Å². The molecule has 110 valence electrons. The lowest BCUT2D eigenvalue weighted by molar-refractivity contribution is -0.151. The van der Waals surface area contributed by atoms with Gasteiger partial charge in [0.2, 0.25) is 0 Å². The summed E-state index contributed by atoms with van der Waals surface area (Å²) in [6.45, 7) is 8.03. The highest BCUT2D eigenvalue weighted by atomic mass is 16.5. The normalized spacial score (nSPS) is 26.3. The van der Waals surface area contributed by atoms with Gasteiger partial charge in [-0.15, -0.1) is 0 Å². The Hall–Kier alpha value is -0.610. The lowest BCUT2D eigenvalue weighted by Crippen LogP contribution is -2.48. The van der Waals surface area contributed by atoms with E-state index in [2.05, 4.69) is 9.80 Å². The van der Waals surface area contributed by atoms with E-state index in [1.165, 1.54) is 38.8 Å². The largest absolute Gasteiger partial charge is 0.465 e. The Morgan fingerprint density at radius 1 is 1.05 bits per heavy atom. The van der Waals surface area contributed by atoms with Gasteiger partial charge in [-0.25, -0.2) is 0 Å². The first-order chi connectivity index (χ1) is 9.31. The van der Waals surface area contributed by atoms with Crippen molar-refractivity contribution >= 4 is 5.97 Å². The van der Waals surface area contributed by atoms with Gasteiger partial charge in [0.25, 0.3) is 0 Å². The predicted molar refractivity (Wildman–Crippen MR) is 76.1 cm³/mol. The van der Waals surface area contributed by atoms with Gasteiger partial charge in [-0.3, -0.25) is 9.69 Å². The lowest BCUT2D eigenvalue weighted by Gasteiger charge is -2.36. The Bertz CT molecular complexity index is 277.